The third-order valence-corrected chi connectivity index (χ3v) is 4.96. The Balaban J connectivity index is 1.59. The largest absolute Gasteiger partial charge is 0.393 e. The van der Waals surface area contributed by atoms with E-state index in [-0.39, 0.29) is 24.1 Å². The molecule has 2 heterocycles. The Hall–Kier alpha value is -2.34. The summed E-state index contributed by atoms with van der Waals surface area (Å²) in [6.07, 6.45) is 6.95. The summed E-state index contributed by atoms with van der Waals surface area (Å²) in [6, 6.07) is 7.95. The monoisotopic (exact) mass is 342 g/mol. The highest BCUT2D eigenvalue weighted by molar-refractivity contribution is 5.74. The number of carbonyl (C=O) groups excluding carboxylic acids is 1. The lowest BCUT2D eigenvalue weighted by atomic mass is 9.94. The van der Waals surface area contributed by atoms with Gasteiger partial charge in [-0.05, 0) is 44.4 Å². The van der Waals surface area contributed by atoms with E-state index < -0.39 is 0 Å². The molecule has 6 heteroatoms. The first-order chi connectivity index (χ1) is 12.0. The van der Waals surface area contributed by atoms with Crippen LogP contribution in [0.2, 0.25) is 0 Å². The molecule has 1 aliphatic heterocycles. The molecular formula is C19H26N4O2. The summed E-state index contributed by atoms with van der Waals surface area (Å²) in [5.41, 5.74) is 2.09. The van der Waals surface area contributed by atoms with Gasteiger partial charge in [0.15, 0.2) is 0 Å². The lowest BCUT2D eigenvalue weighted by Crippen LogP contribution is -2.47. The third-order valence-electron chi connectivity index (χ3n) is 4.96. The first-order valence-electron chi connectivity index (χ1n) is 8.86. The fourth-order valence-corrected chi connectivity index (χ4v) is 3.30. The van der Waals surface area contributed by atoms with Crippen molar-refractivity contribution < 1.29 is 9.90 Å². The molecule has 0 aliphatic carbocycles. The molecule has 2 N–H and O–H groups in total. The highest BCUT2D eigenvalue weighted by Gasteiger charge is 2.27. The zero-order valence-electron chi connectivity index (χ0n) is 14.8. The van der Waals surface area contributed by atoms with Gasteiger partial charge in [-0.15, -0.1) is 0 Å². The van der Waals surface area contributed by atoms with Gasteiger partial charge in [-0.3, -0.25) is 0 Å². The predicted molar refractivity (Wildman–Crippen MR) is 96.5 cm³/mol. The van der Waals surface area contributed by atoms with E-state index in [1.807, 2.05) is 46.9 Å². The van der Waals surface area contributed by atoms with Crippen molar-refractivity contribution >= 4 is 6.03 Å². The molecule has 0 radical (unpaired) electrons. The van der Waals surface area contributed by atoms with Gasteiger partial charge in [-0.1, -0.05) is 12.1 Å². The summed E-state index contributed by atoms with van der Waals surface area (Å²) >= 11 is 0. The first kappa shape index (κ1) is 17.5. The normalized spacial score (nSPS) is 20.1. The second-order valence-electron chi connectivity index (χ2n) is 6.82. The summed E-state index contributed by atoms with van der Waals surface area (Å²) in [5, 5.41) is 12.8. The number of aliphatic hydroxyl groups is 1. The van der Waals surface area contributed by atoms with Crippen LogP contribution in [-0.2, 0) is 0 Å². The Labute approximate surface area is 148 Å². The maximum Gasteiger partial charge on any atom is 0.317 e. The first-order valence-corrected chi connectivity index (χ1v) is 8.86. The number of aliphatic hydroxyl groups excluding tert-OH is 1. The van der Waals surface area contributed by atoms with E-state index in [0.717, 1.165) is 30.6 Å². The minimum atomic E-state index is -0.372. The Kier molecular flexibility index (Phi) is 5.38. The van der Waals surface area contributed by atoms with Crippen molar-refractivity contribution in [1.82, 2.24) is 19.8 Å². The average Bonchev–Trinajstić information content (AvgIpc) is 3.16. The number of urea groups is 1. The molecule has 3 atom stereocenters. The molecule has 3 rings (SSSR count). The number of imidazole rings is 1. The van der Waals surface area contributed by atoms with Crippen molar-refractivity contribution in [2.45, 2.75) is 38.8 Å². The van der Waals surface area contributed by atoms with E-state index in [1.54, 1.807) is 19.4 Å². The van der Waals surface area contributed by atoms with Crippen molar-refractivity contribution in [2.24, 2.45) is 5.92 Å². The Morgan fingerprint density at radius 3 is 2.72 bits per heavy atom. The minimum Gasteiger partial charge on any atom is -0.393 e. The molecule has 1 aromatic carbocycles. The number of nitrogens with zero attached hydrogens (tertiary/aromatic N) is 3. The molecule has 0 spiro atoms. The summed E-state index contributed by atoms with van der Waals surface area (Å²) < 4.78 is 1.94. The summed E-state index contributed by atoms with van der Waals surface area (Å²) in [4.78, 5) is 18.4. The van der Waals surface area contributed by atoms with Crippen molar-refractivity contribution in [3.8, 4) is 5.69 Å². The molecule has 0 saturated carbocycles. The Morgan fingerprint density at radius 1 is 1.32 bits per heavy atom. The third kappa shape index (κ3) is 4.20. The van der Waals surface area contributed by atoms with E-state index in [4.69, 9.17) is 0 Å². The average molecular weight is 342 g/mol. The molecule has 1 aromatic heterocycles. The molecule has 3 unspecified atom stereocenters. The minimum absolute atomic E-state index is 0.0588. The van der Waals surface area contributed by atoms with E-state index >= 15 is 0 Å². The number of likely N-dealkylation sites (tertiary alicyclic amines) is 1. The van der Waals surface area contributed by atoms with Gasteiger partial charge in [-0.25, -0.2) is 9.78 Å². The van der Waals surface area contributed by atoms with E-state index in [0.29, 0.717) is 6.54 Å². The van der Waals surface area contributed by atoms with Crippen molar-refractivity contribution in [2.75, 3.05) is 13.1 Å². The van der Waals surface area contributed by atoms with Crippen LogP contribution in [0.15, 0.2) is 43.0 Å². The van der Waals surface area contributed by atoms with Crippen LogP contribution < -0.4 is 5.32 Å². The second kappa shape index (κ2) is 7.70. The van der Waals surface area contributed by atoms with Crippen molar-refractivity contribution in [1.29, 1.82) is 0 Å². The molecule has 1 saturated heterocycles. The summed E-state index contributed by atoms with van der Waals surface area (Å²) in [6.45, 7) is 5.16. The maximum absolute atomic E-state index is 12.5. The number of amides is 2. The van der Waals surface area contributed by atoms with Gasteiger partial charge in [0.2, 0.25) is 0 Å². The lowest BCUT2D eigenvalue weighted by Gasteiger charge is -2.34. The molecule has 0 bridgehead atoms. The number of aromatic nitrogens is 2. The number of benzene rings is 1. The molecule has 1 fully saturated rings. The van der Waals surface area contributed by atoms with Crippen LogP contribution >= 0.6 is 0 Å². The quantitative estimate of drug-likeness (QED) is 0.897. The van der Waals surface area contributed by atoms with Crippen LogP contribution in [0.1, 0.15) is 38.3 Å². The predicted octanol–water partition coefficient (Wildman–Crippen LogP) is 2.74. The van der Waals surface area contributed by atoms with Gasteiger partial charge < -0.3 is 19.9 Å². The number of piperidine rings is 1. The van der Waals surface area contributed by atoms with Crippen molar-refractivity contribution in [3.05, 3.63) is 48.5 Å². The number of hydrogen-bond acceptors (Lipinski definition) is 3. The highest BCUT2D eigenvalue weighted by Crippen LogP contribution is 2.21. The molecule has 2 aromatic rings. The van der Waals surface area contributed by atoms with Crippen LogP contribution in [0.4, 0.5) is 4.79 Å². The van der Waals surface area contributed by atoms with E-state index in [1.165, 1.54) is 0 Å². The number of rotatable bonds is 4. The van der Waals surface area contributed by atoms with Gasteiger partial charge in [0.1, 0.15) is 0 Å². The molecular weight excluding hydrogens is 316 g/mol. The van der Waals surface area contributed by atoms with Crippen LogP contribution in [0, 0.1) is 5.92 Å². The van der Waals surface area contributed by atoms with E-state index in [2.05, 4.69) is 10.3 Å². The lowest BCUT2D eigenvalue weighted by molar-refractivity contribution is 0.0734. The second-order valence-corrected chi connectivity index (χ2v) is 6.82. The van der Waals surface area contributed by atoms with Crippen LogP contribution in [-0.4, -0.2) is 44.8 Å². The molecule has 6 nitrogen and oxygen atoms in total. The van der Waals surface area contributed by atoms with Gasteiger partial charge in [-0.2, -0.15) is 0 Å². The highest BCUT2D eigenvalue weighted by atomic mass is 16.3. The number of hydrogen-bond donors (Lipinski definition) is 2. The molecule has 134 valence electrons. The molecule has 25 heavy (non-hydrogen) atoms. The van der Waals surface area contributed by atoms with Gasteiger partial charge in [0.25, 0.3) is 0 Å². The fraction of sp³-hybridized carbons (Fsp3) is 0.474. The van der Waals surface area contributed by atoms with Crippen molar-refractivity contribution in [3.63, 3.8) is 0 Å². The van der Waals surface area contributed by atoms with Gasteiger partial charge >= 0.3 is 6.03 Å². The zero-order valence-corrected chi connectivity index (χ0v) is 14.8. The number of nitrogens with one attached hydrogen (secondary N) is 1. The molecule has 2 amide bonds. The van der Waals surface area contributed by atoms with E-state index in [9.17, 15) is 9.90 Å². The fourth-order valence-electron chi connectivity index (χ4n) is 3.30. The zero-order chi connectivity index (χ0) is 17.8. The van der Waals surface area contributed by atoms with Crippen LogP contribution in [0.25, 0.3) is 5.69 Å². The Morgan fingerprint density at radius 2 is 2.08 bits per heavy atom. The van der Waals surface area contributed by atoms with Crippen LogP contribution in [0.3, 0.4) is 0 Å². The SMILES string of the molecule is CC(NC(=O)N1CCCC(C(C)O)C1)c1ccc(-n2ccnc2)cc1. The topological polar surface area (TPSA) is 70.4 Å². The summed E-state index contributed by atoms with van der Waals surface area (Å²) in [7, 11) is 0. The number of carbonyl (C=O) groups is 1. The van der Waals surface area contributed by atoms with Gasteiger partial charge in [0, 0.05) is 37.1 Å². The molecule has 1 aliphatic rings. The van der Waals surface area contributed by atoms with Crippen LogP contribution in [0.5, 0.6) is 0 Å². The Bertz CT molecular complexity index is 682. The smallest absolute Gasteiger partial charge is 0.317 e. The standard InChI is InChI=1S/C19H26N4O2/c1-14(16-5-7-18(8-6-16)23-11-9-20-13-23)21-19(25)22-10-3-4-17(12-22)15(2)24/h5-9,11,13-15,17,24H,3-4,10,12H2,1-2H3,(H,21,25). The van der Waals surface area contributed by atoms with Gasteiger partial charge in [0.05, 0.1) is 18.5 Å². The summed E-state index contributed by atoms with van der Waals surface area (Å²) in [5.74, 6) is 0.171. The maximum atomic E-state index is 12.5.